The average molecular weight is 219 g/mol. The number of rotatable bonds is 1. The molecule has 0 aliphatic heterocycles. The molecular formula is C9H12F3N3. The van der Waals surface area contributed by atoms with E-state index in [0.29, 0.717) is 0 Å². The first-order valence-corrected chi connectivity index (χ1v) is 4.90. The highest BCUT2D eigenvalue weighted by atomic mass is 19.4. The highest BCUT2D eigenvalue weighted by Crippen LogP contribution is 2.38. The molecule has 15 heavy (non-hydrogen) atoms. The van der Waals surface area contributed by atoms with E-state index in [4.69, 9.17) is 5.73 Å². The van der Waals surface area contributed by atoms with E-state index in [2.05, 4.69) is 5.10 Å². The highest BCUT2D eigenvalue weighted by molar-refractivity contribution is 5.42. The number of nitrogen functional groups attached to an aromatic ring is 1. The minimum Gasteiger partial charge on any atom is -0.396 e. The van der Waals surface area contributed by atoms with Crippen LogP contribution in [0.2, 0.25) is 0 Å². The molecule has 0 saturated heterocycles. The molecule has 1 heterocycles. The summed E-state index contributed by atoms with van der Waals surface area (Å²) in [6.07, 6.45) is 0.0994. The molecule has 0 bridgehead atoms. The van der Waals surface area contributed by atoms with Gasteiger partial charge >= 0.3 is 6.18 Å². The molecule has 0 atom stereocenters. The Morgan fingerprint density at radius 2 is 1.93 bits per heavy atom. The van der Waals surface area contributed by atoms with E-state index in [1.807, 2.05) is 0 Å². The van der Waals surface area contributed by atoms with Gasteiger partial charge in [0.25, 0.3) is 0 Å². The summed E-state index contributed by atoms with van der Waals surface area (Å²) in [6, 6.07) is -0.140. The summed E-state index contributed by atoms with van der Waals surface area (Å²) >= 11 is 0. The second kappa shape index (κ2) is 3.43. The molecule has 1 aromatic heterocycles. The van der Waals surface area contributed by atoms with Crippen LogP contribution >= 0.6 is 0 Å². The Morgan fingerprint density at radius 1 is 1.33 bits per heavy atom. The van der Waals surface area contributed by atoms with E-state index < -0.39 is 11.9 Å². The number of alkyl halides is 3. The van der Waals surface area contributed by atoms with E-state index in [1.54, 1.807) is 0 Å². The van der Waals surface area contributed by atoms with Crippen LogP contribution in [-0.2, 0) is 6.18 Å². The van der Waals surface area contributed by atoms with Crippen LogP contribution in [0.3, 0.4) is 0 Å². The van der Waals surface area contributed by atoms with Gasteiger partial charge in [-0.1, -0.05) is 12.8 Å². The number of nitrogens with two attached hydrogens (primary N) is 1. The number of aromatic nitrogens is 2. The molecule has 6 heteroatoms. The zero-order valence-electron chi connectivity index (χ0n) is 8.09. The average Bonchev–Trinajstić information content (AvgIpc) is 2.68. The van der Waals surface area contributed by atoms with Crippen LogP contribution in [-0.4, -0.2) is 9.78 Å². The molecule has 1 aliphatic rings. The molecule has 1 aromatic rings. The van der Waals surface area contributed by atoms with Crippen LogP contribution in [0.25, 0.3) is 0 Å². The molecule has 84 valence electrons. The van der Waals surface area contributed by atoms with Crippen molar-refractivity contribution >= 4 is 5.69 Å². The van der Waals surface area contributed by atoms with Gasteiger partial charge in [-0.25, -0.2) is 0 Å². The maximum Gasteiger partial charge on any atom is 0.435 e. The van der Waals surface area contributed by atoms with Gasteiger partial charge in [-0.05, 0) is 12.8 Å². The number of hydrogen-bond donors (Lipinski definition) is 1. The van der Waals surface area contributed by atoms with Crippen molar-refractivity contribution in [2.75, 3.05) is 5.73 Å². The van der Waals surface area contributed by atoms with Crippen molar-refractivity contribution in [1.29, 1.82) is 0 Å². The van der Waals surface area contributed by atoms with E-state index in [-0.39, 0.29) is 11.7 Å². The summed E-state index contributed by atoms with van der Waals surface area (Å²) in [5, 5.41) is 3.74. The Hall–Kier alpha value is -1.20. The summed E-state index contributed by atoms with van der Waals surface area (Å²) in [5.74, 6) is 0. The van der Waals surface area contributed by atoms with Crippen LogP contribution in [0.15, 0.2) is 6.20 Å². The standard InChI is InChI=1S/C9H12F3N3/c10-9(11,12)8-7(13)5-14-15(8)6-3-1-2-4-6/h5-6H,1-4,13H2. The van der Waals surface area contributed by atoms with Crippen LogP contribution in [0.1, 0.15) is 37.4 Å². The first kappa shape index (κ1) is 10.3. The van der Waals surface area contributed by atoms with Crippen molar-refractivity contribution in [3.63, 3.8) is 0 Å². The van der Waals surface area contributed by atoms with Crippen molar-refractivity contribution in [2.45, 2.75) is 37.9 Å². The molecule has 0 spiro atoms. The van der Waals surface area contributed by atoms with Gasteiger partial charge < -0.3 is 5.73 Å². The van der Waals surface area contributed by atoms with Crippen molar-refractivity contribution in [2.24, 2.45) is 0 Å². The second-order valence-electron chi connectivity index (χ2n) is 3.83. The summed E-state index contributed by atoms with van der Waals surface area (Å²) in [7, 11) is 0. The Balaban J connectivity index is 2.39. The van der Waals surface area contributed by atoms with E-state index in [0.717, 1.165) is 36.6 Å². The lowest BCUT2D eigenvalue weighted by molar-refractivity contribution is -0.144. The molecule has 0 aromatic carbocycles. The highest BCUT2D eigenvalue weighted by Gasteiger charge is 2.39. The van der Waals surface area contributed by atoms with Gasteiger partial charge in [-0.2, -0.15) is 18.3 Å². The lowest BCUT2D eigenvalue weighted by Crippen LogP contribution is -2.19. The molecule has 3 nitrogen and oxygen atoms in total. The van der Waals surface area contributed by atoms with Gasteiger partial charge in [0.15, 0.2) is 5.69 Å². The van der Waals surface area contributed by atoms with E-state index in [1.165, 1.54) is 0 Å². The first-order valence-electron chi connectivity index (χ1n) is 4.90. The predicted molar refractivity (Wildman–Crippen MR) is 49.1 cm³/mol. The monoisotopic (exact) mass is 219 g/mol. The molecule has 1 saturated carbocycles. The Morgan fingerprint density at radius 3 is 2.47 bits per heavy atom. The first-order chi connectivity index (χ1) is 7.00. The molecule has 2 N–H and O–H groups in total. The summed E-state index contributed by atoms with van der Waals surface area (Å²) in [4.78, 5) is 0. The lowest BCUT2D eigenvalue weighted by atomic mass is 10.2. The maximum absolute atomic E-state index is 12.7. The third kappa shape index (κ3) is 1.80. The summed E-state index contributed by atoms with van der Waals surface area (Å²) in [5.41, 5.74) is 4.21. The Labute approximate surface area is 85.1 Å². The third-order valence-electron chi connectivity index (χ3n) is 2.76. The number of hydrogen-bond acceptors (Lipinski definition) is 2. The van der Waals surface area contributed by atoms with Crippen LogP contribution in [0.5, 0.6) is 0 Å². The van der Waals surface area contributed by atoms with Crippen molar-refractivity contribution in [1.82, 2.24) is 9.78 Å². The lowest BCUT2D eigenvalue weighted by Gasteiger charge is -2.16. The van der Waals surface area contributed by atoms with Crippen molar-refractivity contribution in [3.8, 4) is 0 Å². The van der Waals surface area contributed by atoms with Gasteiger partial charge in [0.05, 0.1) is 17.9 Å². The van der Waals surface area contributed by atoms with Crippen molar-refractivity contribution < 1.29 is 13.2 Å². The van der Waals surface area contributed by atoms with Gasteiger partial charge in [-0.15, -0.1) is 0 Å². The summed E-state index contributed by atoms with van der Waals surface area (Å²) in [6.45, 7) is 0. The molecule has 1 fully saturated rings. The Kier molecular flexibility index (Phi) is 2.36. The largest absolute Gasteiger partial charge is 0.435 e. The third-order valence-corrected chi connectivity index (χ3v) is 2.76. The number of anilines is 1. The smallest absolute Gasteiger partial charge is 0.396 e. The SMILES string of the molecule is Nc1cnn(C2CCCC2)c1C(F)(F)F. The van der Waals surface area contributed by atoms with Gasteiger partial charge in [0.2, 0.25) is 0 Å². The van der Waals surface area contributed by atoms with Crippen LogP contribution in [0.4, 0.5) is 18.9 Å². The predicted octanol–water partition coefficient (Wildman–Crippen LogP) is 2.60. The zero-order chi connectivity index (χ0) is 11.1. The molecule has 0 radical (unpaired) electrons. The quantitative estimate of drug-likeness (QED) is 0.788. The molecule has 0 unspecified atom stereocenters. The molecule has 0 amide bonds. The van der Waals surface area contributed by atoms with Gasteiger partial charge in [0, 0.05) is 0 Å². The van der Waals surface area contributed by atoms with E-state index in [9.17, 15) is 13.2 Å². The maximum atomic E-state index is 12.7. The van der Waals surface area contributed by atoms with E-state index >= 15 is 0 Å². The zero-order valence-corrected chi connectivity index (χ0v) is 8.09. The fraction of sp³-hybridized carbons (Fsp3) is 0.667. The second-order valence-corrected chi connectivity index (χ2v) is 3.83. The van der Waals surface area contributed by atoms with Crippen LogP contribution < -0.4 is 5.73 Å². The fourth-order valence-corrected chi connectivity index (χ4v) is 2.09. The van der Waals surface area contributed by atoms with Crippen molar-refractivity contribution in [3.05, 3.63) is 11.9 Å². The Bertz CT molecular complexity index is 350. The summed E-state index contributed by atoms with van der Waals surface area (Å²) < 4.78 is 39.0. The number of nitrogens with zero attached hydrogens (tertiary/aromatic N) is 2. The molecule has 1 aliphatic carbocycles. The van der Waals surface area contributed by atoms with Crippen LogP contribution in [0, 0.1) is 0 Å². The molecular weight excluding hydrogens is 207 g/mol. The normalized spacial score (nSPS) is 18.6. The topological polar surface area (TPSA) is 43.8 Å². The minimum absolute atomic E-state index is 0.140. The van der Waals surface area contributed by atoms with Gasteiger partial charge in [-0.3, -0.25) is 4.68 Å². The fourth-order valence-electron chi connectivity index (χ4n) is 2.09. The van der Waals surface area contributed by atoms with Gasteiger partial charge in [0.1, 0.15) is 0 Å². The number of halogens is 3. The minimum atomic E-state index is -4.41. The molecule has 2 rings (SSSR count).